The minimum atomic E-state index is 0.138. The number of phenolic OH excluding ortho intramolecular Hbond substituents is 1. The summed E-state index contributed by atoms with van der Waals surface area (Å²) in [7, 11) is 0. The van der Waals surface area contributed by atoms with Crippen LogP contribution in [0.4, 0.5) is 0 Å². The van der Waals surface area contributed by atoms with Crippen LogP contribution in [0.15, 0.2) is 24.3 Å². The standard InChI is InChI=1S/C13H18ClNO/c14-10-13(7-1-2-8-13)15-9-11-3-5-12(16)6-4-11/h3-6,15-16H,1-2,7-10H2. The Kier molecular flexibility index (Phi) is 3.72. The molecule has 0 atom stereocenters. The fourth-order valence-corrected chi connectivity index (χ4v) is 2.67. The molecule has 1 fully saturated rings. The molecule has 1 aliphatic carbocycles. The predicted molar refractivity (Wildman–Crippen MR) is 66.9 cm³/mol. The Hall–Kier alpha value is -0.730. The fraction of sp³-hybridized carbons (Fsp3) is 0.538. The number of aromatic hydroxyl groups is 1. The molecule has 0 bridgehead atoms. The second-order valence-electron chi connectivity index (χ2n) is 4.64. The van der Waals surface area contributed by atoms with Gasteiger partial charge in [-0.1, -0.05) is 25.0 Å². The summed E-state index contributed by atoms with van der Waals surface area (Å²) in [5, 5.41) is 12.8. The maximum absolute atomic E-state index is 9.19. The lowest BCUT2D eigenvalue weighted by Gasteiger charge is -2.28. The summed E-state index contributed by atoms with van der Waals surface area (Å²) in [6, 6.07) is 7.33. The highest BCUT2D eigenvalue weighted by atomic mass is 35.5. The Morgan fingerprint density at radius 1 is 1.19 bits per heavy atom. The van der Waals surface area contributed by atoms with E-state index in [0.717, 1.165) is 6.54 Å². The second-order valence-corrected chi connectivity index (χ2v) is 4.91. The van der Waals surface area contributed by atoms with Crippen LogP contribution >= 0.6 is 11.6 Å². The summed E-state index contributed by atoms with van der Waals surface area (Å²) in [4.78, 5) is 0. The third kappa shape index (κ3) is 2.69. The van der Waals surface area contributed by atoms with Crippen LogP contribution in [0.5, 0.6) is 5.75 Å². The van der Waals surface area contributed by atoms with Crippen LogP contribution in [-0.4, -0.2) is 16.5 Å². The molecule has 0 aromatic heterocycles. The first-order valence-electron chi connectivity index (χ1n) is 5.83. The van der Waals surface area contributed by atoms with E-state index in [1.54, 1.807) is 12.1 Å². The molecule has 3 heteroatoms. The average molecular weight is 240 g/mol. The third-order valence-electron chi connectivity index (χ3n) is 3.42. The van der Waals surface area contributed by atoms with E-state index in [0.29, 0.717) is 11.6 Å². The van der Waals surface area contributed by atoms with Crippen molar-refractivity contribution in [1.29, 1.82) is 0 Å². The second kappa shape index (κ2) is 5.07. The summed E-state index contributed by atoms with van der Waals surface area (Å²) < 4.78 is 0. The summed E-state index contributed by atoms with van der Waals surface area (Å²) >= 11 is 6.05. The highest BCUT2D eigenvalue weighted by Gasteiger charge is 2.31. The van der Waals surface area contributed by atoms with E-state index < -0.39 is 0 Å². The minimum Gasteiger partial charge on any atom is -0.508 e. The van der Waals surface area contributed by atoms with Crippen LogP contribution in [-0.2, 0) is 6.54 Å². The molecule has 88 valence electrons. The number of benzene rings is 1. The Morgan fingerprint density at radius 2 is 1.81 bits per heavy atom. The molecular formula is C13H18ClNO. The molecule has 2 rings (SSSR count). The van der Waals surface area contributed by atoms with Gasteiger partial charge in [-0.3, -0.25) is 0 Å². The van der Waals surface area contributed by atoms with Gasteiger partial charge in [-0.15, -0.1) is 11.6 Å². The Balaban J connectivity index is 1.93. The molecule has 1 aromatic carbocycles. The van der Waals surface area contributed by atoms with Crippen LogP contribution in [0.25, 0.3) is 0 Å². The number of nitrogens with one attached hydrogen (secondary N) is 1. The topological polar surface area (TPSA) is 32.3 Å². The first kappa shape index (κ1) is 11.7. The molecule has 0 amide bonds. The van der Waals surface area contributed by atoms with Crippen molar-refractivity contribution in [3.63, 3.8) is 0 Å². The lowest BCUT2D eigenvalue weighted by molar-refractivity contribution is 0.368. The van der Waals surface area contributed by atoms with Gasteiger partial charge in [-0.05, 0) is 30.5 Å². The van der Waals surface area contributed by atoms with E-state index in [2.05, 4.69) is 5.32 Å². The fourth-order valence-electron chi connectivity index (χ4n) is 2.31. The van der Waals surface area contributed by atoms with Gasteiger partial charge < -0.3 is 10.4 Å². The molecule has 2 nitrogen and oxygen atoms in total. The lowest BCUT2D eigenvalue weighted by Crippen LogP contribution is -2.43. The van der Waals surface area contributed by atoms with Crippen LogP contribution < -0.4 is 5.32 Å². The van der Waals surface area contributed by atoms with Gasteiger partial charge in [0.15, 0.2) is 0 Å². The molecule has 2 N–H and O–H groups in total. The maximum atomic E-state index is 9.19. The van der Waals surface area contributed by atoms with Gasteiger partial charge in [0.1, 0.15) is 5.75 Å². The highest BCUT2D eigenvalue weighted by molar-refractivity contribution is 6.18. The van der Waals surface area contributed by atoms with Crippen molar-refractivity contribution in [2.75, 3.05) is 5.88 Å². The molecule has 0 radical (unpaired) electrons. The van der Waals surface area contributed by atoms with Gasteiger partial charge in [0.25, 0.3) is 0 Å². The van der Waals surface area contributed by atoms with Gasteiger partial charge in [0, 0.05) is 18.0 Å². The van der Waals surface area contributed by atoms with Gasteiger partial charge in [0.05, 0.1) is 0 Å². The summed E-state index contributed by atoms with van der Waals surface area (Å²) in [5.41, 5.74) is 1.33. The molecule has 16 heavy (non-hydrogen) atoms. The van der Waals surface area contributed by atoms with Crippen LogP contribution in [0.3, 0.4) is 0 Å². The van der Waals surface area contributed by atoms with Crippen molar-refractivity contribution in [3.8, 4) is 5.75 Å². The number of phenols is 1. The van der Waals surface area contributed by atoms with Crippen molar-refractivity contribution >= 4 is 11.6 Å². The molecule has 1 saturated carbocycles. The van der Waals surface area contributed by atoms with Crippen LogP contribution in [0, 0.1) is 0 Å². The third-order valence-corrected chi connectivity index (χ3v) is 3.93. The maximum Gasteiger partial charge on any atom is 0.115 e. The van der Waals surface area contributed by atoms with E-state index in [4.69, 9.17) is 11.6 Å². The number of alkyl halides is 1. The van der Waals surface area contributed by atoms with E-state index in [9.17, 15) is 5.11 Å². The molecule has 1 aliphatic rings. The first-order chi connectivity index (χ1) is 7.74. The summed E-state index contributed by atoms with van der Waals surface area (Å²) in [5.74, 6) is 1.00. The zero-order chi connectivity index (χ0) is 11.4. The molecule has 0 saturated heterocycles. The zero-order valence-corrected chi connectivity index (χ0v) is 10.1. The monoisotopic (exact) mass is 239 g/mol. The normalized spacial score (nSPS) is 18.8. The quantitative estimate of drug-likeness (QED) is 0.792. The van der Waals surface area contributed by atoms with E-state index in [1.807, 2.05) is 12.1 Å². The number of hydrogen-bond donors (Lipinski definition) is 2. The van der Waals surface area contributed by atoms with E-state index >= 15 is 0 Å². The largest absolute Gasteiger partial charge is 0.508 e. The number of halogens is 1. The number of hydrogen-bond acceptors (Lipinski definition) is 2. The smallest absolute Gasteiger partial charge is 0.115 e. The van der Waals surface area contributed by atoms with Crippen molar-refractivity contribution in [2.45, 2.75) is 37.8 Å². The Bertz CT molecular complexity index is 330. The molecule has 0 aliphatic heterocycles. The highest BCUT2D eigenvalue weighted by Crippen LogP contribution is 2.31. The van der Waals surface area contributed by atoms with Gasteiger partial charge >= 0.3 is 0 Å². The first-order valence-corrected chi connectivity index (χ1v) is 6.36. The summed E-state index contributed by atoms with van der Waals surface area (Å²) in [6.45, 7) is 0.826. The van der Waals surface area contributed by atoms with Gasteiger partial charge in [-0.25, -0.2) is 0 Å². The molecule has 0 heterocycles. The van der Waals surface area contributed by atoms with E-state index in [1.165, 1.54) is 31.2 Å². The Labute approximate surface area is 102 Å². The Morgan fingerprint density at radius 3 is 2.38 bits per heavy atom. The molecule has 0 spiro atoms. The molecule has 1 aromatic rings. The van der Waals surface area contributed by atoms with Gasteiger partial charge in [0.2, 0.25) is 0 Å². The van der Waals surface area contributed by atoms with Crippen molar-refractivity contribution in [3.05, 3.63) is 29.8 Å². The number of rotatable bonds is 4. The van der Waals surface area contributed by atoms with Gasteiger partial charge in [-0.2, -0.15) is 0 Å². The molecule has 0 unspecified atom stereocenters. The van der Waals surface area contributed by atoms with Crippen LogP contribution in [0.1, 0.15) is 31.2 Å². The predicted octanol–water partition coefficient (Wildman–Crippen LogP) is 3.03. The van der Waals surface area contributed by atoms with Crippen LogP contribution in [0.2, 0.25) is 0 Å². The van der Waals surface area contributed by atoms with Crippen molar-refractivity contribution < 1.29 is 5.11 Å². The van der Waals surface area contributed by atoms with E-state index in [-0.39, 0.29) is 5.54 Å². The van der Waals surface area contributed by atoms with Crippen molar-refractivity contribution in [1.82, 2.24) is 5.32 Å². The molecular weight excluding hydrogens is 222 g/mol. The lowest BCUT2D eigenvalue weighted by atomic mass is 10.00. The van der Waals surface area contributed by atoms with Crippen molar-refractivity contribution in [2.24, 2.45) is 0 Å². The summed E-state index contributed by atoms with van der Waals surface area (Å²) in [6.07, 6.45) is 4.90. The zero-order valence-electron chi connectivity index (χ0n) is 9.38. The average Bonchev–Trinajstić information content (AvgIpc) is 2.78. The minimum absolute atomic E-state index is 0.138. The SMILES string of the molecule is Oc1ccc(CNC2(CCl)CCCC2)cc1.